The van der Waals surface area contributed by atoms with Crippen LogP contribution >= 0.6 is 0 Å². The Balaban J connectivity index is 2.47. The quantitative estimate of drug-likeness (QED) is 0.828. The predicted molar refractivity (Wildman–Crippen MR) is 66.1 cm³/mol. The number of carbonyl (C=O) groups is 2. The summed E-state index contributed by atoms with van der Waals surface area (Å²) in [4.78, 5) is 22.7. The second kappa shape index (κ2) is 7.35. The highest BCUT2D eigenvalue weighted by atomic mass is 19.1. The summed E-state index contributed by atoms with van der Waals surface area (Å²) in [5, 5.41) is 2.13. The summed E-state index contributed by atoms with van der Waals surface area (Å²) in [6.45, 7) is 1.19. The van der Waals surface area contributed by atoms with Gasteiger partial charge in [-0.1, -0.05) is 30.3 Å². The van der Waals surface area contributed by atoms with Crippen LogP contribution in [0.15, 0.2) is 30.3 Å². The monoisotopic (exact) mass is 269 g/mol. The van der Waals surface area contributed by atoms with Crippen molar-refractivity contribution in [3.8, 4) is 0 Å². The Bertz CT molecular complexity index is 422. The van der Waals surface area contributed by atoms with Crippen molar-refractivity contribution in [1.82, 2.24) is 5.32 Å². The number of rotatable bonds is 5. The lowest BCUT2D eigenvalue weighted by Crippen LogP contribution is -2.46. The van der Waals surface area contributed by atoms with E-state index in [0.717, 1.165) is 19.6 Å². The molecule has 0 heterocycles. The summed E-state index contributed by atoms with van der Waals surface area (Å²) in [7, 11) is 1.12. The first-order chi connectivity index (χ1) is 9.04. The highest BCUT2D eigenvalue weighted by Gasteiger charge is 2.28. The Morgan fingerprint density at radius 3 is 2.47 bits per heavy atom. The van der Waals surface area contributed by atoms with Gasteiger partial charge in [-0.15, -0.1) is 0 Å². The summed E-state index contributed by atoms with van der Waals surface area (Å²) in [6.07, 6.45) is -2.44. The number of hydrogen-bond donors (Lipinski definition) is 1. The van der Waals surface area contributed by atoms with Crippen LogP contribution in [0.25, 0.3) is 0 Å². The van der Waals surface area contributed by atoms with Gasteiger partial charge < -0.3 is 14.8 Å². The molecule has 1 N–H and O–H groups in total. The van der Waals surface area contributed by atoms with Crippen molar-refractivity contribution in [3.63, 3.8) is 0 Å². The van der Waals surface area contributed by atoms with Crippen molar-refractivity contribution in [1.29, 1.82) is 0 Å². The van der Waals surface area contributed by atoms with Crippen molar-refractivity contribution in [3.05, 3.63) is 35.9 Å². The van der Waals surface area contributed by atoms with Crippen LogP contribution in [0.4, 0.5) is 9.18 Å². The first kappa shape index (κ1) is 14.9. The fourth-order valence-corrected chi connectivity index (χ4v) is 1.38. The molecule has 104 valence electrons. The van der Waals surface area contributed by atoms with Gasteiger partial charge in [0, 0.05) is 0 Å². The Labute approximate surface area is 110 Å². The van der Waals surface area contributed by atoms with Gasteiger partial charge in [0.2, 0.25) is 0 Å². The highest BCUT2D eigenvalue weighted by molar-refractivity contribution is 5.81. The van der Waals surface area contributed by atoms with E-state index >= 15 is 0 Å². The van der Waals surface area contributed by atoms with Gasteiger partial charge in [0.05, 0.1) is 7.11 Å². The fraction of sp³-hybridized carbons (Fsp3) is 0.385. The van der Waals surface area contributed by atoms with Gasteiger partial charge in [0.15, 0.2) is 6.04 Å². The number of nitrogens with one attached hydrogen (secondary N) is 1. The number of alkyl carbamates (subject to hydrolysis) is 1. The maximum atomic E-state index is 13.2. The molecule has 19 heavy (non-hydrogen) atoms. The minimum absolute atomic E-state index is 0.0429. The molecule has 0 aliphatic carbocycles. The minimum Gasteiger partial charge on any atom is -0.467 e. The van der Waals surface area contributed by atoms with Crippen molar-refractivity contribution in [2.75, 3.05) is 7.11 Å². The maximum Gasteiger partial charge on any atom is 0.408 e. The number of hydrogen-bond acceptors (Lipinski definition) is 4. The predicted octanol–water partition coefficient (Wildman–Crippen LogP) is 1.81. The first-order valence-electron chi connectivity index (χ1n) is 5.73. The van der Waals surface area contributed by atoms with E-state index in [2.05, 4.69) is 10.1 Å². The van der Waals surface area contributed by atoms with Crippen molar-refractivity contribution >= 4 is 12.1 Å². The lowest BCUT2D eigenvalue weighted by atomic mass is 10.2. The third kappa shape index (κ3) is 4.95. The van der Waals surface area contributed by atoms with Gasteiger partial charge in [0.1, 0.15) is 12.8 Å². The molecule has 0 aliphatic rings. The number of alkyl halides is 1. The van der Waals surface area contributed by atoms with Gasteiger partial charge in [-0.2, -0.15) is 0 Å². The number of carbonyl (C=O) groups excluding carboxylic acids is 2. The molecule has 1 rings (SSSR count). The number of esters is 1. The topological polar surface area (TPSA) is 64.6 Å². The summed E-state index contributed by atoms with van der Waals surface area (Å²) < 4.78 is 22.4. The van der Waals surface area contributed by atoms with E-state index in [4.69, 9.17) is 4.74 Å². The van der Waals surface area contributed by atoms with Crippen LogP contribution in [0.1, 0.15) is 12.5 Å². The molecule has 0 saturated carbocycles. The highest BCUT2D eigenvalue weighted by Crippen LogP contribution is 2.03. The average Bonchev–Trinajstić information content (AvgIpc) is 2.42. The van der Waals surface area contributed by atoms with Crippen LogP contribution in [0.2, 0.25) is 0 Å². The number of amides is 1. The molecular weight excluding hydrogens is 253 g/mol. The van der Waals surface area contributed by atoms with Gasteiger partial charge in [-0.05, 0) is 12.5 Å². The number of benzene rings is 1. The van der Waals surface area contributed by atoms with Crippen LogP contribution in [0.3, 0.4) is 0 Å². The average molecular weight is 269 g/mol. The second-order valence-electron chi connectivity index (χ2n) is 3.88. The molecule has 1 aromatic carbocycles. The molecule has 0 unspecified atom stereocenters. The molecule has 6 heteroatoms. The van der Waals surface area contributed by atoms with Crippen molar-refractivity contribution < 1.29 is 23.5 Å². The maximum absolute atomic E-state index is 13.2. The second-order valence-corrected chi connectivity index (χ2v) is 3.88. The number of ether oxygens (including phenoxy) is 2. The smallest absolute Gasteiger partial charge is 0.408 e. The number of halogens is 1. The molecule has 1 amide bonds. The summed E-state index contributed by atoms with van der Waals surface area (Å²) >= 11 is 0. The van der Waals surface area contributed by atoms with Gasteiger partial charge >= 0.3 is 12.1 Å². The van der Waals surface area contributed by atoms with E-state index in [-0.39, 0.29) is 6.61 Å². The summed E-state index contributed by atoms with van der Waals surface area (Å²) in [5.41, 5.74) is 0.792. The van der Waals surface area contributed by atoms with Gasteiger partial charge in [0.25, 0.3) is 0 Å². The molecule has 0 aromatic heterocycles. The molecule has 0 spiro atoms. The van der Waals surface area contributed by atoms with Gasteiger partial charge in [-0.3, -0.25) is 0 Å². The minimum atomic E-state index is -1.57. The van der Waals surface area contributed by atoms with Crippen LogP contribution in [-0.2, 0) is 20.9 Å². The van der Waals surface area contributed by atoms with Crippen molar-refractivity contribution in [2.24, 2.45) is 0 Å². The SMILES string of the molecule is COC(=O)[C@@H](NC(=O)OCc1ccccc1)[C@@H](C)F. The molecule has 5 nitrogen and oxygen atoms in total. The standard InChI is InChI=1S/C13H16FNO4/c1-9(14)11(12(16)18-2)15-13(17)19-8-10-6-4-3-5-7-10/h3-7,9,11H,8H2,1-2H3,(H,15,17)/t9-,11+/m1/s1. The van der Waals surface area contributed by atoms with E-state index in [0.29, 0.717) is 0 Å². The molecule has 1 aromatic rings. The molecule has 0 radical (unpaired) electrons. The van der Waals surface area contributed by atoms with Crippen LogP contribution < -0.4 is 5.32 Å². The molecule has 0 fully saturated rings. The van der Waals surface area contributed by atoms with E-state index in [1.165, 1.54) is 0 Å². The molecule has 2 atom stereocenters. The van der Waals surface area contributed by atoms with Gasteiger partial charge in [-0.25, -0.2) is 14.0 Å². The normalized spacial score (nSPS) is 13.2. The largest absolute Gasteiger partial charge is 0.467 e. The third-order valence-electron chi connectivity index (χ3n) is 2.40. The zero-order valence-electron chi connectivity index (χ0n) is 10.8. The van der Waals surface area contributed by atoms with E-state index in [1.807, 2.05) is 6.07 Å². The van der Waals surface area contributed by atoms with Crippen LogP contribution in [-0.4, -0.2) is 31.4 Å². The molecular formula is C13H16FNO4. The zero-order chi connectivity index (χ0) is 14.3. The van der Waals surface area contributed by atoms with Crippen LogP contribution in [0, 0.1) is 0 Å². The molecule has 0 bridgehead atoms. The van der Waals surface area contributed by atoms with Crippen molar-refractivity contribution in [2.45, 2.75) is 25.7 Å². The Hall–Kier alpha value is -2.11. The lowest BCUT2D eigenvalue weighted by molar-refractivity contribution is -0.144. The Kier molecular flexibility index (Phi) is 5.78. The zero-order valence-corrected chi connectivity index (χ0v) is 10.8. The first-order valence-corrected chi connectivity index (χ1v) is 5.73. The van der Waals surface area contributed by atoms with E-state index < -0.39 is 24.3 Å². The molecule has 0 aliphatic heterocycles. The third-order valence-corrected chi connectivity index (χ3v) is 2.40. The summed E-state index contributed by atoms with van der Waals surface area (Å²) in [5.74, 6) is -0.855. The summed E-state index contributed by atoms with van der Waals surface area (Å²) in [6, 6.07) is 7.63. The van der Waals surface area contributed by atoms with E-state index in [9.17, 15) is 14.0 Å². The Morgan fingerprint density at radius 2 is 1.95 bits per heavy atom. The fourth-order valence-electron chi connectivity index (χ4n) is 1.38. The van der Waals surface area contributed by atoms with E-state index in [1.54, 1.807) is 24.3 Å². The van der Waals surface area contributed by atoms with Crippen LogP contribution in [0.5, 0.6) is 0 Å². The molecule has 0 saturated heterocycles. The Morgan fingerprint density at radius 1 is 1.32 bits per heavy atom. The number of methoxy groups -OCH3 is 1. The lowest BCUT2D eigenvalue weighted by Gasteiger charge is -2.17.